The highest BCUT2D eigenvalue weighted by Gasteiger charge is 2.12. The minimum atomic E-state index is 0.589. The van der Waals surface area contributed by atoms with Crippen LogP contribution in [0.4, 0.5) is 0 Å². The maximum absolute atomic E-state index is 3.52. The molecule has 0 spiro atoms. The summed E-state index contributed by atoms with van der Waals surface area (Å²) < 4.78 is 0. The van der Waals surface area contributed by atoms with Crippen LogP contribution in [0, 0.1) is 5.92 Å². The van der Waals surface area contributed by atoms with Crippen LogP contribution in [0.3, 0.4) is 0 Å². The molecule has 0 saturated carbocycles. The van der Waals surface area contributed by atoms with Crippen molar-refractivity contribution < 1.29 is 0 Å². The maximum atomic E-state index is 3.52. The van der Waals surface area contributed by atoms with E-state index in [2.05, 4.69) is 57.2 Å². The predicted octanol–water partition coefficient (Wildman–Crippen LogP) is 1.74. The second-order valence-electron chi connectivity index (χ2n) is 4.09. The van der Waals surface area contributed by atoms with Gasteiger partial charge in [0.15, 0.2) is 0 Å². The number of hydrogen-bond acceptors (Lipinski definition) is 2. The summed E-state index contributed by atoms with van der Waals surface area (Å²) in [7, 11) is 4.24. The zero-order valence-corrected chi connectivity index (χ0v) is 9.67. The molecule has 13 heavy (non-hydrogen) atoms. The first-order valence-electron chi connectivity index (χ1n) is 5.07. The smallest absolute Gasteiger partial charge is 0.0220 e. The van der Waals surface area contributed by atoms with E-state index in [1.54, 1.807) is 0 Å². The third-order valence-electron chi connectivity index (χ3n) is 2.10. The molecule has 2 heteroatoms. The summed E-state index contributed by atoms with van der Waals surface area (Å²) >= 11 is 0. The molecule has 0 aliphatic heterocycles. The largest absolute Gasteiger partial charge is 0.309 e. The van der Waals surface area contributed by atoms with E-state index in [9.17, 15) is 0 Å². The van der Waals surface area contributed by atoms with Crippen LogP contribution >= 0.6 is 0 Å². The number of rotatable bonds is 6. The second kappa shape index (κ2) is 7.10. The summed E-state index contributed by atoms with van der Waals surface area (Å²) in [4.78, 5) is 2.23. The first-order chi connectivity index (χ1) is 6.07. The molecule has 0 aromatic rings. The van der Waals surface area contributed by atoms with Gasteiger partial charge in [-0.3, -0.25) is 0 Å². The maximum Gasteiger partial charge on any atom is 0.0220 e. The van der Waals surface area contributed by atoms with Gasteiger partial charge in [-0.15, -0.1) is 0 Å². The summed E-state index contributed by atoms with van der Waals surface area (Å²) in [5.41, 5.74) is 0. The molecule has 0 saturated heterocycles. The van der Waals surface area contributed by atoms with E-state index in [1.807, 2.05) is 0 Å². The van der Waals surface area contributed by atoms with Crippen LogP contribution in [0.2, 0.25) is 0 Å². The fourth-order valence-electron chi connectivity index (χ4n) is 1.24. The van der Waals surface area contributed by atoms with E-state index in [0.29, 0.717) is 12.0 Å². The monoisotopic (exact) mass is 184 g/mol. The van der Waals surface area contributed by atoms with Gasteiger partial charge in [0.1, 0.15) is 0 Å². The molecule has 78 valence electrons. The van der Waals surface area contributed by atoms with Crippen LogP contribution in [0.15, 0.2) is 12.2 Å². The topological polar surface area (TPSA) is 15.3 Å². The van der Waals surface area contributed by atoms with Gasteiger partial charge in [0.25, 0.3) is 0 Å². The highest BCUT2D eigenvalue weighted by molar-refractivity contribution is 4.83. The molecule has 0 bridgehead atoms. The number of nitrogens with one attached hydrogen (secondary N) is 1. The van der Waals surface area contributed by atoms with Crippen LogP contribution in [0.1, 0.15) is 20.8 Å². The minimum absolute atomic E-state index is 0.589. The average Bonchev–Trinajstić information content (AvgIpc) is 2.02. The van der Waals surface area contributed by atoms with Crippen molar-refractivity contribution in [3.05, 3.63) is 12.2 Å². The molecule has 2 nitrogen and oxygen atoms in total. The normalized spacial score (nSPS) is 14.7. The van der Waals surface area contributed by atoms with Crippen LogP contribution in [-0.2, 0) is 0 Å². The fourth-order valence-corrected chi connectivity index (χ4v) is 1.24. The Morgan fingerprint density at radius 2 is 1.92 bits per heavy atom. The fraction of sp³-hybridized carbons (Fsp3) is 0.818. The Kier molecular flexibility index (Phi) is 6.92. The molecule has 0 aliphatic rings. The Labute approximate surface area is 83.0 Å². The average molecular weight is 184 g/mol. The highest BCUT2D eigenvalue weighted by Crippen LogP contribution is 2.01. The van der Waals surface area contributed by atoms with Crippen molar-refractivity contribution in [3.63, 3.8) is 0 Å². The molecule has 1 N–H and O–H groups in total. The van der Waals surface area contributed by atoms with Crippen molar-refractivity contribution >= 4 is 0 Å². The molecule has 1 unspecified atom stereocenters. The predicted molar refractivity (Wildman–Crippen MR) is 60.0 cm³/mol. The van der Waals surface area contributed by atoms with Crippen LogP contribution in [0.5, 0.6) is 0 Å². The van der Waals surface area contributed by atoms with Crippen molar-refractivity contribution in [1.29, 1.82) is 0 Å². The molecular weight excluding hydrogens is 160 g/mol. The molecule has 0 heterocycles. The third kappa shape index (κ3) is 6.79. The van der Waals surface area contributed by atoms with Gasteiger partial charge in [0.2, 0.25) is 0 Å². The van der Waals surface area contributed by atoms with E-state index in [-0.39, 0.29) is 0 Å². The van der Waals surface area contributed by atoms with Crippen LogP contribution in [-0.4, -0.2) is 38.1 Å². The van der Waals surface area contributed by atoms with Crippen molar-refractivity contribution in [2.75, 3.05) is 27.2 Å². The van der Waals surface area contributed by atoms with Crippen molar-refractivity contribution in [3.8, 4) is 0 Å². The number of nitrogens with zero attached hydrogens (tertiary/aromatic N) is 1. The van der Waals surface area contributed by atoms with Crippen molar-refractivity contribution in [2.24, 2.45) is 5.92 Å². The Morgan fingerprint density at radius 3 is 2.31 bits per heavy atom. The molecule has 0 aromatic heterocycles. The van der Waals surface area contributed by atoms with E-state index in [0.717, 1.165) is 13.1 Å². The number of hydrogen-bond donors (Lipinski definition) is 1. The first-order valence-corrected chi connectivity index (χ1v) is 5.07. The van der Waals surface area contributed by atoms with Gasteiger partial charge in [0.05, 0.1) is 0 Å². The summed E-state index contributed by atoms with van der Waals surface area (Å²) in [6.07, 6.45) is 4.24. The SMILES string of the molecule is C/C=C/CNC(CN(C)C)C(C)C. The molecule has 0 rings (SSSR count). The summed E-state index contributed by atoms with van der Waals surface area (Å²) in [6.45, 7) is 8.66. The number of allylic oxidation sites excluding steroid dienone is 1. The Hall–Kier alpha value is -0.340. The zero-order chi connectivity index (χ0) is 10.3. The summed E-state index contributed by atoms with van der Waals surface area (Å²) in [6, 6.07) is 0.589. The summed E-state index contributed by atoms with van der Waals surface area (Å²) in [5, 5.41) is 3.52. The highest BCUT2D eigenvalue weighted by atomic mass is 15.1. The van der Waals surface area contributed by atoms with E-state index in [1.165, 1.54) is 0 Å². The molecule has 0 radical (unpaired) electrons. The molecule has 0 aromatic carbocycles. The van der Waals surface area contributed by atoms with E-state index >= 15 is 0 Å². The lowest BCUT2D eigenvalue weighted by Gasteiger charge is -2.25. The molecule has 0 aliphatic carbocycles. The minimum Gasteiger partial charge on any atom is -0.309 e. The first kappa shape index (κ1) is 12.7. The molecular formula is C11H24N2. The molecule has 0 amide bonds. The van der Waals surface area contributed by atoms with Gasteiger partial charge in [0, 0.05) is 19.1 Å². The van der Waals surface area contributed by atoms with Crippen LogP contribution < -0.4 is 5.32 Å². The zero-order valence-electron chi connectivity index (χ0n) is 9.67. The number of likely N-dealkylation sites (N-methyl/N-ethyl adjacent to an activating group) is 1. The van der Waals surface area contributed by atoms with E-state index in [4.69, 9.17) is 0 Å². The van der Waals surface area contributed by atoms with Gasteiger partial charge in [-0.1, -0.05) is 26.0 Å². The Bertz CT molecular complexity index is 139. The van der Waals surface area contributed by atoms with Gasteiger partial charge < -0.3 is 10.2 Å². The second-order valence-corrected chi connectivity index (χ2v) is 4.09. The standard InChI is InChI=1S/C11H24N2/c1-6-7-8-12-11(10(2)3)9-13(4)5/h6-7,10-12H,8-9H2,1-5H3/b7-6+. The Balaban J connectivity index is 3.80. The van der Waals surface area contributed by atoms with Gasteiger partial charge in [-0.2, -0.15) is 0 Å². The Morgan fingerprint density at radius 1 is 1.31 bits per heavy atom. The van der Waals surface area contributed by atoms with Gasteiger partial charge >= 0.3 is 0 Å². The quantitative estimate of drug-likeness (QED) is 0.633. The van der Waals surface area contributed by atoms with Gasteiger partial charge in [-0.25, -0.2) is 0 Å². The van der Waals surface area contributed by atoms with Gasteiger partial charge in [-0.05, 0) is 26.9 Å². The lowest BCUT2D eigenvalue weighted by Crippen LogP contribution is -2.42. The lowest BCUT2D eigenvalue weighted by atomic mass is 10.0. The molecule has 1 atom stereocenters. The van der Waals surface area contributed by atoms with Crippen molar-refractivity contribution in [2.45, 2.75) is 26.8 Å². The molecule has 0 fully saturated rings. The lowest BCUT2D eigenvalue weighted by molar-refractivity contribution is 0.295. The van der Waals surface area contributed by atoms with Crippen LogP contribution in [0.25, 0.3) is 0 Å². The third-order valence-corrected chi connectivity index (χ3v) is 2.10. The van der Waals surface area contributed by atoms with Crippen molar-refractivity contribution in [1.82, 2.24) is 10.2 Å². The summed E-state index contributed by atoms with van der Waals surface area (Å²) in [5.74, 6) is 0.688. The van der Waals surface area contributed by atoms with E-state index < -0.39 is 0 Å².